The summed E-state index contributed by atoms with van der Waals surface area (Å²) in [4.78, 5) is 11.6. The first kappa shape index (κ1) is 27.5. The minimum absolute atomic E-state index is 0.160. The number of carboxylic acid groups (broad SMARTS) is 1. The fourth-order valence-corrected chi connectivity index (χ4v) is 4.54. The Hall–Kier alpha value is -3.56. The summed E-state index contributed by atoms with van der Waals surface area (Å²) < 4.78 is 25.5. The first-order valence-corrected chi connectivity index (χ1v) is 12.6. The molecule has 8 nitrogen and oxygen atoms in total. The molecule has 3 aromatic carbocycles. The fourth-order valence-electron chi connectivity index (χ4n) is 4.54. The van der Waals surface area contributed by atoms with E-state index in [1.165, 1.54) is 0 Å². The van der Waals surface area contributed by atoms with Gasteiger partial charge in [-0.2, -0.15) is 0 Å². The SMILES string of the molecule is C[C@@H]1OC(CC(=NO)C(=O)O)[C@@H](OCc2ccccc2)[C@H](OCc2ccccc2)[C@@H]1OCc1ccccc1. The third-order valence-electron chi connectivity index (χ3n) is 6.48. The molecule has 0 aliphatic carbocycles. The second-order valence-electron chi connectivity index (χ2n) is 9.22. The number of aliphatic carboxylic acids is 1. The van der Waals surface area contributed by atoms with Crippen LogP contribution in [0.5, 0.6) is 0 Å². The predicted octanol–water partition coefficient (Wildman–Crippen LogP) is 4.83. The largest absolute Gasteiger partial charge is 0.477 e. The smallest absolute Gasteiger partial charge is 0.353 e. The first-order valence-electron chi connectivity index (χ1n) is 12.6. The number of benzene rings is 3. The molecule has 1 aliphatic rings. The summed E-state index contributed by atoms with van der Waals surface area (Å²) in [7, 11) is 0. The van der Waals surface area contributed by atoms with Crippen LogP contribution in [0.2, 0.25) is 0 Å². The van der Waals surface area contributed by atoms with Crippen molar-refractivity contribution in [1.82, 2.24) is 0 Å². The maximum Gasteiger partial charge on any atom is 0.353 e. The van der Waals surface area contributed by atoms with Crippen LogP contribution >= 0.6 is 0 Å². The number of carboxylic acids is 1. The molecule has 1 saturated heterocycles. The molecule has 1 fully saturated rings. The maximum absolute atomic E-state index is 11.6. The van der Waals surface area contributed by atoms with Crippen LogP contribution in [0, 0.1) is 0 Å². The van der Waals surface area contributed by atoms with Crippen molar-refractivity contribution in [2.24, 2.45) is 5.16 Å². The molecule has 1 aliphatic heterocycles. The van der Waals surface area contributed by atoms with Gasteiger partial charge in [0.05, 0.1) is 32.0 Å². The van der Waals surface area contributed by atoms with Gasteiger partial charge in [-0.15, -0.1) is 0 Å². The van der Waals surface area contributed by atoms with Gasteiger partial charge in [-0.25, -0.2) is 4.79 Å². The summed E-state index contributed by atoms with van der Waals surface area (Å²) in [6.45, 7) is 2.78. The molecule has 0 radical (unpaired) electrons. The van der Waals surface area contributed by atoms with E-state index in [-0.39, 0.29) is 13.0 Å². The Labute approximate surface area is 222 Å². The number of rotatable bonds is 12. The molecule has 1 unspecified atom stereocenters. The zero-order valence-electron chi connectivity index (χ0n) is 21.3. The highest BCUT2D eigenvalue weighted by Gasteiger charge is 2.47. The van der Waals surface area contributed by atoms with Gasteiger partial charge >= 0.3 is 5.97 Å². The van der Waals surface area contributed by atoms with Crippen LogP contribution in [0.25, 0.3) is 0 Å². The number of carbonyl (C=O) groups is 1. The zero-order valence-corrected chi connectivity index (χ0v) is 21.3. The first-order chi connectivity index (χ1) is 18.5. The van der Waals surface area contributed by atoms with Crippen molar-refractivity contribution in [1.29, 1.82) is 0 Å². The average Bonchev–Trinajstić information content (AvgIpc) is 2.95. The van der Waals surface area contributed by atoms with Gasteiger partial charge in [0.1, 0.15) is 18.3 Å². The van der Waals surface area contributed by atoms with Crippen LogP contribution in [0.1, 0.15) is 30.0 Å². The molecule has 1 heterocycles. The van der Waals surface area contributed by atoms with Crippen LogP contribution in [-0.2, 0) is 43.6 Å². The fraction of sp³-hybridized carbons (Fsp3) is 0.333. The van der Waals surface area contributed by atoms with E-state index in [1.807, 2.05) is 97.9 Å². The number of ether oxygens (including phenoxy) is 4. The van der Waals surface area contributed by atoms with Crippen LogP contribution < -0.4 is 0 Å². The van der Waals surface area contributed by atoms with Gasteiger partial charge in [0, 0.05) is 6.42 Å². The van der Waals surface area contributed by atoms with Gasteiger partial charge in [0.2, 0.25) is 0 Å². The third kappa shape index (κ3) is 7.49. The molecule has 3 aromatic rings. The van der Waals surface area contributed by atoms with E-state index in [4.69, 9.17) is 18.9 Å². The highest BCUT2D eigenvalue weighted by molar-refractivity contribution is 6.35. The molecule has 0 spiro atoms. The van der Waals surface area contributed by atoms with Crippen LogP contribution in [0.4, 0.5) is 0 Å². The zero-order chi connectivity index (χ0) is 26.7. The van der Waals surface area contributed by atoms with E-state index < -0.39 is 42.2 Å². The molecule has 0 bridgehead atoms. The van der Waals surface area contributed by atoms with Crippen molar-refractivity contribution in [3.05, 3.63) is 108 Å². The molecule has 0 aromatic heterocycles. The lowest BCUT2D eigenvalue weighted by Crippen LogP contribution is -2.59. The maximum atomic E-state index is 11.6. The van der Waals surface area contributed by atoms with Crippen LogP contribution in [0.15, 0.2) is 96.2 Å². The molecule has 200 valence electrons. The second-order valence-corrected chi connectivity index (χ2v) is 9.22. The quantitative estimate of drug-likeness (QED) is 0.200. The summed E-state index contributed by atoms with van der Waals surface area (Å²) in [5.74, 6) is -1.32. The molecule has 4 rings (SSSR count). The normalized spacial score (nSPS) is 23.7. The van der Waals surface area contributed by atoms with E-state index in [9.17, 15) is 15.1 Å². The minimum atomic E-state index is -1.32. The summed E-state index contributed by atoms with van der Waals surface area (Å²) in [5, 5.41) is 21.8. The Morgan fingerprint density at radius 2 is 1.16 bits per heavy atom. The molecule has 2 N–H and O–H groups in total. The van der Waals surface area contributed by atoms with E-state index >= 15 is 0 Å². The Kier molecular flexibility index (Phi) is 10.0. The summed E-state index contributed by atoms with van der Waals surface area (Å²) in [6.07, 6.45) is -3.15. The van der Waals surface area contributed by atoms with Crippen molar-refractivity contribution in [2.75, 3.05) is 0 Å². The average molecular weight is 520 g/mol. The Morgan fingerprint density at radius 1 is 0.737 bits per heavy atom. The molecular weight excluding hydrogens is 486 g/mol. The van der Waals surface area contributed by atoms with E-state index in [0.29, 0.717) is 13.2 Å². The van der Waals surface area contributed by atoms with Crippen molar-refractivity contribution < 1.29 is 34.1 Å². The lowest BCUT2D eigenvalue weighted by Gasteiger charge is -2.45. The van der Waals surface area contributed by atoms with E-state index in [0.717, 1.165) is 16.7 Å². The second kappa shape index (κ2) is 13.8. The van der Waals surface area contributed by atoms with Crippen molar-refractivity contribution >= 4 is 11.7 Å². The molecule has 38 heavy (non-hydrogen) atoms. The molecule has 5 atom stereocenters. The lowest BCUT2D eigenvalue weighted by atomic mass is 9.91. The van der Waals surface area contributed by atoms with Crippen LogP contribution in [-0.4, -0.2) is 52.5 Å². The van der Waals surface area contributed by atoms with Gasteiger partial charge in [-0.3, -0.25) is 0 Å². The van der Waals surface area contributed by atoms with Crippen molar-refractivity contribution in [3.8, 4) is 0 Å². The highest BCUT2D eigenvalue weighted by Crippen LogP contribution is 2.32. The topological polar surface area (TPSA) is 107 Å². The Balaban J connectivity index is 1.62. The predicted molar refractivity (Wildman–Crippen MR) is 141 cm³/mol. The molecule has 0 saturated carbocycles. The monoisotopic (exact) mass is 519 g/mol. The number of nitrogens with zero attached hydrogens (tertiary/aromatic N) is 1. The number of hydrogen-bond donors (Lipinski definition) is 2. The van der Waals surface area contributed by atoms with Gasteiger partial charge < -0.3 is 29.3 Å². The van der Waals surface area contributed by atoms with E-state index in [2.05, 4.69) is 5.16 Å². The standard InChI is InChI=1S/C30H33NO7/c1-21-27(35-18-22-11-5-2-6-12-22)29(37-20-24-15-9-4-10-16-24)28(36-19-23-13-7-3-8-14-23)26(38-21)17-25(31-34)30(32)33/h2-16,21,26-29,34H,17-20H2,1H3,(H,32,33)/t21-,26?,27+,28+,29+/m0/s1. The Morgan fingerprint density at radius 3 is 1.58 bits per heavy atom. The number of hydrogen-bond acceptors (Lipinski definition) is 7. The van der Waals surface area contributed by atoms with Gasteiger partial charge in [-0.05, 0) is 23.6 Å². The van der Waals surface area contributed by atoms with Crippen molar-refractivity contribution in [2.45, 2.75) is 63.7 Å². The van der Waals surface area contributed by atoms with Gasteiger partial charge in [-0.1, -0.05) is 96.2 Å². The summed E-state index contributed by atoms with van der Waals surface area (Å²) in [5.41, 5.74) is 2.52. The molecule has 8 heteroatoms. The molecule has 0 amide bonds. The van der Waals surface area contributed by atoms with Gasteiger partial charge in [0.25, 0.3) is 0 Å². The summed E-state index contributed by atoms with van der Waals surface area (Å²) >= 11 is 0. The Bertz CT molecular complexity index is 1160. The minimum Gasteiger partial charge on any atom is -0.477 e. The van der Waals surface area contributed by atoms with Crippen LogP contribution in [0.3, 0.4) is 0 Å². The van der Waals surface area contributed by atoms with Crippen molar-refractivity contribution in [3.63, 3.8) is 0 Å². The van der Waals surface area contributed by atoms with E-state index in [1.54, 1.807) is 0 Å². The lowest BCUT2D eigenvalue weighted by molar-refractivity contribution is -0.259. The molecular formula is C30H33NO7. The summed E-state index contributed by atoms with van der Waals surface area (Å²) in [6, 6.07) is 29.2. The number of oxime groups is 1. The highest BCUT2D eigenvalue weighted by atomic mass is 16.6. The third-order valence-corrected chi connectivity index (χ3v) is 6.48. The van der Waals surface area contributed by atoms with Gasteiger partial charge in [0.15, 0.2) is 5.71 Å².